The summed E-state index contributed by atoms with van der Waals surface area (Å²) in [5.74, 6) is -1.52. The van der Waals surface area contributed by atoms with Crippen LogP contribution in [0.3, 0.4) is 0 Å². The monoisotopic (exact) mass is 246 g/mol. The second kappa shape index (κ2) is 8.81. The molecular weight excluding hydrogens is 224 g/mol. The molecule has 0 saturated carbocycles. The van der Waals surface area contributed by atoms with Gasteiger partial charge in [-0.15, -0.1) is 0 Å². The predicted octanol–water partition coefficient (Wildman–Crippen LogP) is 0.821. The van der Waals surface area contributed by atoms with E-state index in [2.05, 4.69) is 10.6 Å². The summed E-state index contributed by atoms with van der Waals surface area (Å²) in [6, 6.07) is -0.727. The van der Waals surface area contributed by atoms with Crippen molar-refractivity contribution in [3.8, 4) is 0 Å². The average Bonchev–Trinajstić information content (AvgIpc) is 2.27. The molecule has 0 aromatic rings. The first-order chi connectivity index (χ1) is 7.99. The van der Waals surface area contributed by atoms with Gasteiger partial charge in [0.05, 0.1) is 5.92 Å². The molecule has 100 valence electrons. The van der Waals surface area contributed by atoms with Crippen LogP contribution in [-0.4, -0.2) is 43.4 Å². The number of amides is 2. The van der Waals surface area contributed by atoms with Crippen molar-refractivity contribution in [3.63, 3.8) is 0 Å². The van der Waals surface area contributed by atoms with Crippen molar-refractivity contribution in [1.29, 1.82) is 0 Å². The molecule has 0 aromatic heterocycles. The lowest BCUT2D eigenvalue weighted by Gasteiger charge is -2.18. The number of urea groups is 1. The standard InChI is InChI=1S/C11H22N2O4/c1-8(10(14)15)9(2)13-11(16)12-6-4-5-7-17-3/h8-9H,4-7H2,1-3H3,(H,14,15)(H2,12,13,16). The van der Waals surface area contributed by atoms with E-state index in [-0.39, 0.29) is 6.03 Å². The van der Waals surface area contributed by atoms with Crippen LogP contribution in [-0.2, 0) is 9.53 Å². The summed E-state index contributed by atoms with van der Waals surface area (Å²) in [6.45, 7) is 4.47. The average molecular weight is 246 g/mol. The molecule has 0 heterocycles. The maximum absolute atomic E-state index is 11.4. The number of nitrogens with one attached hydrogen (secondary N) is 2. The van der Waals surface area contributed by atoms with Gasteiger partial charge in [0.1, 0.15) is 0 Å². The van der Waals surface area contributed by atoms with Crippen LogP contribution in [0.15, 0.2) is 0 Å². The Hall–Kier alpha value is -1.30. The van der Waals surface area contributed by atoms with Gasteiger partial charge >= 0.3 is 12.0 Å². The first kappa shape index (κ1) is 15.7. The molecule has 0 aromatic carbocycles. The molecular formula is C11H22N2O4. The van der Waals surface area contributed by atoms with Crippen LogP contribution in [0.5, 0.6) is 0 Å². The Morgan fingerprint density at radius 2 is 1.94 bits per heavy atom. The quantitative estimate of drug-likeness (QED) is 0.553. The Kier molecular flexibility index (Phi) is 8.13. The van der Waals surface area contributed by atoms with E-state index in [0.29, 0.717) is 13.2 Å². The topological polar surface area (TPSA) is 87.7 Å². The third kappa shape index (κ3) is 7.57. The van der Waals surface area contributed by atoms with Crippen LogP contribution in [0, 0.1) is 5.92 Å². The second-order valence-electron chi connectivity index (χ2n) is 4.02. The van der Waals surface area contributed by atoms with Crippen molar-refractivity contribution in [2.75, 3.05) is 20.3 Å². The number of carbonyl (C=O) groups excluding carboxylic acids is 1. The van der Waals surface area contributed by atoms with Crippen molar-refractivity contribution in [3.05, 3.63) is 0 Å². The molecule has 3 N–H and O–H groups in total. The number of methoxy groups -OCH3 is 1. The van der Waals surface area contributed by atoms with Gasteiger partial charge in [0, 0.05) is 26.3 Å². The van der Waals surface area contributed by atoms with Crippen LogP contribution < -0.4 is 10.6 Å². The molecule has 0 radical (unpaired) electrons. The van der Waals surface area contributed by atoms with Crippen LogP contribution >= 0.6 is 0 Å². The highest BCUT2D eigenvalue weighted by molar-refractivity contribution is 5.76. The van der Waals surface area contributed by atoms with E-state index >= 15 is 0 Å². The Morgan fingerprint density at radius 1 is 1.29 bits per heavy atom. The fraction of sp³-hybridized carbons (Fsp3) is 0.818. The smallest absolute Gasteiger partial charge is 0.315 e. The highest BCUT2D eigenvalue weighted by atomic mass is 16.5. The van der Waals surface area contributed by atoms with E-state index in [1.807, 2.05) is 0 Å². The minimum absolute atomic E-state index is 0.331. The van der Waals surface area contributed by atoms with Gasteiger partial charge in [-0.25, -0.2) is 4.79 Å². The van der Waals surface area contributed by atoms with E-state index < -0.39 is 17.9 Å². The molecule has 0 aliphatic carbocycles. The van der Waals surface area contributed by atoms with E-state index in [0.717, 1.165) is 12.8 Å². The number of rotatable bonds is 8. The van der Waals surface area contributed by atoms with Gasteiger partial charge in [0.2, 0.25) is 0 Å². The maximum Gasteiger partial charge on any atom is 0.315 e. The van der Waals surface area contributed by atoms with Gasteiger partial charge in [0.15, 0.2) is 0 Å². The molecule has 0 spiro atoms. The Labute approximate surface area is 102 Å². The first-order valence-electron chi connectivity index (χ1n) is 5.75. The lowest BCUT2D eigenvalue weighted by Crippen LogP contribution is -2.45. The molecule has 6 nitrogen and oxygen atoms in total. The van der Waals surface area contributed by atoms with Crippen LogP contribution in [0.25, 0.3) is 0 Å². The zero-order valence-electron chi connectivity index (χ0n) is 10.7. The van der Waals surface area contributed by atoms with Gasteiger partial charge in [0.25, 0.3) is 0 Å². The number of carboxylic acids is 1. The van der Waals surface area contributed by atoms with Crippen molar-refractivity contribution < 1.29 is 19.4 Å². The Bertz CT molecular complexity index is 246. The highest BCUT2D eigenvalue weighted by Gasteiger charge is 2.20. The van der Waals surface area contributed by atoms with Crippen LogP contribution in [0.1, 0.15) is 26.7 Å². The second-order valence-corrected chi connectivity index (χ2v) is 4.02. The molecule has 2 amide bonds. The lowest BCUT2D eigenvalue weighted by molar-refractivity contribution is -0.141. The normalized spacial score (nSPS) is 13.8. The summed E-state index contributed by atoms with van der Waals surface area (Å²) in [5.41, 5.74) is 0. The zero-order chi connectivity index (χ0) is 13.3. The molecule has 17 heavy (non-hydrogen) atoms. The molecule has 2 unspecified atom stereocenters. The first-order valence-corrected chi connectivity index (χ1v) is 5.75. The molecule has 0 bridgehead atoms. The summed E-state index contributed by atoms with van der Waals surface area (Å²) in [4.78, 5) is 22.0. The van der Waals surface area contributed by atoms with E-state index in [9.17, 15) is 9.59 Å². The molecule has 0 aliphatic rings. The third-order valence-corrected chi connectivity index (χ3v) is 2.56. The fourth-order valence-electron chi connectivity index (χ4n) is 1.17. The van der Waals surface area contributed by atoms with Gasteiger partial charge in [-0.3, -0.25) is 4.79 Å². The van der Waals surface area contributed by atoms with Crippen molar-refractivity contribution >= 4 is 12.0 Å². The summed E-state index contributed by atoms with van der Waals surface area (Å²) < 4.78 is 4.88. The minimum Gasteiger partial charge on any atom is -0.481 e. The van der Waals surface area contributed by atoms with E-state index in [1.165, 1.54) is 0 Å². The maximum atomic E-state index is 11.4. The van der Waals surface area contributed by atoms with E-state index in [1.54, 1.807) is 21.0 Å². The number of aliphatic carboxylic acids is 1. The van der Waals surface area contributed by atoms with Gasteiger partial charge in [-0.2, -0.15) is 0 Å². The van der Waals surface area contributed by atoms with Gasteiger partial charge in [-0.1, -0.05) is 0 Å². The number of unbranched alkanes of at least 4 members (excludes halogenated alkanes) is 1. The van der Waals surface area contributed by atoms with Crippen LogP contribution in [0.4, 0.5) is 4.79 Å². The largest absolute Gasteiger partial charge is 0.481 e. The van der Waals surface area contributed by atoms with E-state index in [4.69, 9.17) is 9.84 Å². The number of hydrogen-bond donors (Lipinski definition) is 3. The number of ether oxygens (including phenoxy) is 1. The summed E-state index contributed by atoms with van der Waals surface area (Å²) in [6.07, 6.45) is 1.72. The van der Waals surface area contributed by atoms with Crippen LogP contribution in [0.2, 0.25) is 0 Å². The molecule has 2 atom stereocenters. The summed E-state index contributed by atoms with van der Waals surface area (Å²) in [5, 5.41) is 14.0. The van der Waals surface area contributed by atoms with Gasteiger partial charge < -0.3 is 20.5 Å². The SMILES string of the molecule is COCCCCNC(=O)NC(C)C(C)C(=O)O. The number of carboxylic acid groups (broad SMARTS) is 1. The Balaban J connectivity index is 3.67. The zero-order valence-corrected chi connectivity index (χ0v) is 10.7. The lowest BCUT2D eigenvalue weighted by atomic mass is 10.0. The Morgan fingerprint density at radius 3 is 2.47 bits per heavy atom. The molecule has 0 fully saturated rings. The molecule has 0 saturated heterocycles. The third-order valence-electron chi connectivity index (χ3n) is 2.56. The van der Waals surface area contributed by atoms with Crippen molar-refractivity contribution in [2.24, 2.45) is 5.92 Å². The van der Waals surface area contributed by atoms with Crippen molar-refractivity contribution in [1.82, 2.24) is 10.6 Å². The molecule has 6 heteroatoms. The molecule has 0 rings (SSSR count). The highest BCUT2D eigenvalue weighted by Crippen LogP contribution is 2.01. The summed E-state index contributed by atoms with van der Waals surface area (Å²) >= 11 is 0. The van der Waals surface area contributed by atoms with Crippen molar-refractivity contribution in [2.45, 2.75) is 32.7 Å². The predicted molar refractivity (Wildman–Crippen MR) is 63.9 cm³/mol. The molecule has 0 aliphatic heterocycles. The number of hydrogen-bond acceptors (Lipinski definition) is 3. The number of carbonyl (C=O) groups is 2. The minimum atomic E-state index is -0.919. The fourth-order valence-corrected chi connectivity index (χ4v) is 1.17. The summed E-state index contributed by atoms with van der Waals surface area (Å²) in [7, 11) is 1.63. The van der Waals surface area contributed by atoms with Gasteiger partial charge in [-0.05, 0) is 26.7 Å².